The van der Waals surface area contributed by atoms with Crippen molar-refractivity contribution >= 4 is 40.8 Å². The van der Waals surface area contributed by atoms with Crippen molar-refractivity contribution in [2.24, 2.45) is 0 Å². The third kappa shape index (κ3) is 3.15. The van der Waals surface area contributed by atoms with Crippen LogP contribution in [0.25, 0.3) is 10.9 Å². The van der Waals surface area contributed by atoms with E-state index >= 15 is 0 Å². The lowest BCUT2D eigenvalue weighted by molar-refractivity contribution is -0.139. The highest BCUT2D eigenvalue weighted by atomic mass is 127. The quantitative estimate of drug-likeness (QED) is 0.622. The number of ether oxygens (including phenoxy) is 1. The second-order valence-corrected chi connectivity index (χ2v) is 3.69. The third-order valence-electron chi connectivity index (χ3n) is 2.49. The van der Waals surface area contributed by atoms with Gasteiger partial charge in [-0.3, -0.25) is 9.78 Å². The number of pyridine rings is 1. The number of esters is 1. The predicted octanol–water partition coefficient (Wildman–Crippen LogP) is 2.88. The molecule has 0 atom stereocenters. The van der Waals surface area contributed by atoms with Crippen LogP contribution in [0.4, 0.5) is 0 Å². The topological polar surface area (TPSA) is 39.2 Å². The number of nitrogens with zero attached hydrogens (tertiary/aromatic N) is 1. The minimum absolute atomic E-state index is 0. The van der Waals surface area contributed by atoms with E-state index in [1.54, 1.807) is 0 Å². The Morgan fingerprint density at radius 2 is 2.06 bits per heavy atom. The standard InChI is InChI=1S/C13H13NO2.HI/c1-9-7-10(8-13(15)16-2)11-5-3-4-6-12(11)14-9;/h3-7H,8H2,1-2H3;1H. The fourth-order valence-electron chi connectivity index (χ4n) is 1.77. The molecule has 2 aromatic rings. The summed E-state index contributed by atoms with van der Waals surface area (Å²) in [6.45, 7) is 1.92. The Hall–Kier alpha value is -1.17. The first-order valence-corrected chi connectivity index (χ1v) is 5.13. The number of hydrogen-bond donors (Lipinski definition) is 0. The number of para-hydroxylation sites is 1. The fraction of sp³-hybridized carbons (Fsp3) is 0.231. The Labute approximate surface area is 117 Å². The molecule has 0 aliphatic heterocycles. The first kappa shape index (κ1) is 13.9. The molecule has 0 bridgehead atoms. The molecule has 1 heterocycles. The average Bonchev–Trinajstić information content (AvgIpc) is 2.28. The number of aryl methyl sites for hydroxylation is 1. The van der Waals surface area contributed by atoms with Crippen molar-refractivity contribution < 1.29 is 9.53 Å². The highest BCUT2D eigenvalue weighted by Crippen LogP contribution is 2.18. The maximum Gasteiger partial charge on any atom is 0.310 e. The van der Waals surface area contributed by atoms with Crippen LogP contribution in [0.5, 0.6) is 0 Å². The van der Waals surface area contributed by atoms with Gasteiger partial charge in [-0.15, -0.1) is 24.0 Å². The van der Waals surface area contributed by atoms with Crippen LogP contribution in [0, 0.1) is 6.92 Å². The van der Waals surface area contributed by atoms with Gasteiger partial charge in [0.25, 0.3) is 0 Å². The van der Waals surface area contributed by atoms with Crippen LogP contribution in [-0.4, -0.2) is 18.1 Å². The Kier molecular flexibility index (Phi) is 4.86. The molecule has 4 heteroatoms. The molecule has 0 fully saturated rings. The van der Waals surface area contributed by atoms with Gasteiger partial charge in [0, 0.05) is 11.1 Å². The summed E-state index contributed by atoms with van der Waals surface area (Å²) in [6.07, 6.45) is 0.292. The zero-order valence-corrected chi connectivity index (χ0v) is 12.1. The van der Waals surface area contributed by atoms with E-state index in [-0.39, 0.29) is 29.9 Å². The normalized spacial score (nSPS) is 9.76. The molecule has 1 aromatic carbocycles. The number of fused-ring (bicyclic) bond motifs is 1. The summed E-state index contributed by atoms with van der Waals surface area (Å²) < 4.78 is 4.68. The number of hydrogen-bond acceptors (Lipinski definition) is 3. The summed E-state index contributed by atoms with van der Waals surface area (Å²) >= 11 is 0. The first-order valence-electron chi connectivity index (χ1n) is 5.13. The van der Waals surface area contributed by atoms with Crippen molar-refractivity contribution in [3.63, 3.8) is 0 Å². The summed E-state index contributed by atoms with van der Waals surface area (Å²) in [5.41, 5.74) is 2.80. The molecule has 0 saturated heterocycles. The molecule has 0 unspecified atom stereocenters. The van der Waals surface area contributed by atoms with Crippen LogP contribution in [0.3, 0.4) is 0 Å². The van der Waals surface area contributed by atoms with Crippen molar-refractivity contribution in [2.45, 2.75) is 13.3 Å². The zero-order chi connectivity index (χ0) is 11.5. The maximum absolute atomic E-state index is 11.3. The Morgan fingerprint density at radius 3 is 2.76 bits per heavy atom. The summed E-state index contributed by atoms with van der Waals surface area (Å²) in [4.78, 5) is 15.7. The van der Waals surface area contributed by atoms with Gasteiger partial charge in [-0.05, 0) is 24.6 Å². The highest BCUT2D eigenvalue weighted by Gasteiger charge is 2.08. The Bertz CT molecular complexity index is 540. The van der Waals surface area contributed by atoms with E-state index in [1.807, 2.05) is 37.3 Å². The van der Waals surface area contributed by atoms with Crippen LogP contribution in [0.1, 0.15) is 11.3 Å². The second-order valence-electron chi connectivity index (χ2n) is 3.69. The van der Waals surface area contributed by atoms with Gasteiger partial charge in [-0.1, -0.05) is 18.2 Å². The SMILES string of the molecule is COC(=O)Cc1cc(C)nc2ccccc12.I. The van der Waals surface area contributed by atoms with Gasteiger partial charge in [-0.25, -0.2) is 0 Å². The third-order valence-corrected chi connectivity index (χ3v) is 2.49. The molecule has 90 valence electrons. The van der Waals surface area contributed by atoms with E-state index in [2.05, 4.69) is 9.72 Å². The van der Waals surface area contributed by atoms with E-state index in [9.17, 15) is 4.79 Å². The van der Waals surface area contributed by atoms with Crippen LogP contribution < -0.4 is 0 Å². The van der Waals surface area contributed by atoms with Gasteiger partial charge in [0.15, 0.2) is 0 Å². The van der Waals surface area contributed by atoms with E-state index in [0.717, 1.165) is 22.2 Å². The highest BCUT2D eigenvalue weighted by molar-refractivity contribution is 14.0. The molecule has 0 aliphatic rings. The monoisotopic (exact) mass is 343 g/mol. The van der Waals surface area contributed by atoms with Gasteiger partial charge < -0.3 is 4.74 Å². The largest absolute Gasteiger partial charge is 0.469 e. The molecule has 0 spiro atoms. The molecule has 3 nitrogen and oxygen atoms in total. The van der Waals surface area contributed by atoms with Crippen LogP contribution in [-0.2, 0) is 16.0 Å². The predicted molar refractivity (Wildman–Crippen MR) is 77.6 cm³/mol. The Balaban J connectivity index is 0.00000144. The fourth-order valence-corrected chi connectivity index (χ4v) is 1.77. The van der Waals surface area contributed by atoms with Crippen molar-refractivity contribution in [3.8, 4) is 0 Å². The molecule has 17 heavy (non-hydrogen) atoms. The average molecular weight is 343 g/mol. The van der Waals surface area contributed by atoms with Crippen LogP contribution in [0.15, 0.2) is 30.3 Å². The van der Waals surface area contributed by atoms with Crippen LogP contribution in [0.2, 0.25) is 0 Å². The van der Waals surface area contributed by atoms with E-state index in [0.29, 0.717) is 6.42 Å². The summed E-state index contributed by atoms with van der Waals surface area (Å²) in [5.74, 6) is -0.226. The smallest absolute Gasteiger partial charge is 0.310 e. The first-order chi connectivity index (χ1) is 7.70. The molecule has 0 saturated carbocycles. The van der Waals surface area contributed by atoms with Crippen molar-refractivity contribution in [1.82, 2.24) is 4.98 Å². The minimum Gasteiger partial charge on any atom is -0.469 e. The molecule has 0 aliphatic carbocycles. The summed E-state index contributed by atoms with van der Waals surface area (Å²) in [6, 6.07) is 9.74. The zero-order valence-electron chi connectivity index (χ0n) is 9.77. The molecule has 0 radical (unpaired) electrons. The number of benzene rings is 1. The molecule has 0 N–H and O–H groups in total. The van der Waals surface area contributed by atoms with Gasteiger partial charge in [-0.2, -0.15) is 0 Å². The lowest BCUT2D eigenvalue weighted by Gasteiger charge is -2.06. The Morgan fingerprint density at radius 1 is 1.35 bits per heavy atom. The summed E-state index contributed by atoms with van der Waals surface area (Å²) in [7, 11) is 1.40. The van der Waals surface area contributed by atoms with Gasteiger partial charge in [0.1, 0.15) is 0 Å². The molecule has 0 amide bonds. The lowest BCUT2D eigenvalue weighted by atomic mass is 10.1. The van der Waals surface area contributed by atoms with E-state index < -0.39 is 0 Å². The van der Waals surface area contributed by atoms with E-state index in [1.165, 1.54) is 7.11 Å². The molecular weight excluding hydrogens is 329 g/mol. The van der Waals surface area contributed by atoms with Gasteiger partial charge in [0.05, 0.1) is 19.0 Å². The van der Waals surface area contributed by atoms with Crippen molar-refractivity contribution in [1.29, 1.82) is 0 Å². The number of rotatable bonds is 2. The molecule has 2 rings (SSSR count). The lowest BCUT2D eigenvalue weighted by Crippen LogP contribution is -2.05. The number of aromatic nitrogens is 1. The van der Waals surface area contributed by atoms with Crippen LogP contribution >= 0.6 is 24.0 Å². The molecule has 1 aromatic heterocycles. The maximum atomic E-state index is 11.3. The van der Waals surface area contributed by atoms with Gasteiger partial charge >= 0.3 is 5.97 Å². The number of halogens is 1. The summed E-state index contributed by atoms with van der Waals surface area (Å²) in [5, 5.41) is 1.01. The van der Waals surface area contributed by atoms with Gasteiger partial charge in [0.2, 0.25) is 0 Å². The number of carbonyl (C=O) groups excluding carboxylic acids is 1. The van der Waals surface area contributed by atoms with E-state index in [4.69, 9.17) is 0 Å². The second kappa shape index (κ2) is 5.95. The minimum atomic E-state index is -0.226. The molecular formula is C13H14INO2. The number of carbonyl (C=O) groups is 1. The number of methoxy groups -OCH3 is 1. The van der Waals surface area contributed by atoms with Crippen molar-refractivity contribution in [3.05, 3.63) is 41.6 Å². The van der Waals surface area contributed by atoms with Crippen molar-refractivity contribution in [2.75, 3.05) is 7.11 Å².